The number of aromatic nitrogens is 2. The normalized spacial score (nSPS) is 31.7. The van der Waals surface area contributed by atoms with Gasteiger partial charge in [0.1, 0.15) is 0 Å². The molecule has 2 atom stereocenters. The molecule has 1 aromatic rings. The summed E-state index contributed by atoms with van der Waals surface area (Å²) in [6.07, 6.45) is 6.83. The lowest BCUT2D eigenvalue weighted by atomic mass is 9.90. The van der Waals surface area contributed by atoms with E-state index in [9.17, 15) is 0 Å². The summed E-state index contributed by atoms with van der Waals surface area (Å²) in [6, 6.07) is 0.429. The highest BCUT2D eigenvalue weighted by Crippen LogP contribution is 2.38. The van der Waals surface area contributed by atoms with Gasteiger partial charge in [-0.3, -0.25) is 0 Å². The second-order valence-electron chi connectivity index (χ2n) is 4.89. The van der Waals surface area contributed by atoms with Crippen LogP contribution in [-0.2, 0) is 4.74 Å². The van der Waals surface area contributed by atoms with Crippen LogP contribution in [0, 0.1) is 0 Å². The summed E-state index contributed by atoms with van der Waals surface area (Å²) in [5.41, 5.74) is 0.107. The van der Waals surface area contributed by atoms with Crippen LogP contribution in [0.25, 0.3) is 0 Å². The van der Waals surface area contributed by atoms with Crippen LogP contribution in [0.2, 0.25) is 0 Å². The molecule has 6 heteroatoms. The van der Waals surface area contributed by atoms with Crippen molar-refractivity contribution in [2.24, 2.45) is 0 Å². The molecule has 0 aromatic carbocycles. The Labute approximate surface area is 119 Å². The lowest BCUT2D eigenvalue weighted by Crippen LogP contribution is -2.44. The van der Waals surface area contributed by atoms with Crippen LogP contribution in [0.3, 0.4) is 0 Å². The first-order chi connectivity index (χ1) is 8.76. The van der Waals surface area contributed by atoms with E-state index in [0.717, 1.165) is 29.7 Å². The van der Waals surface area contributed by atoms with E-state index in [2.05, 4.69) is 31.2 Å². The summed E-state index contributed by atoms with van der Waals surface area (Å²) in [6.45, 7) is 0.842. The van der Waals surface area contributed by atoms with Crippen molar-refractivity contribution in [1.82, 2.24) is 9.97 Å². The second kappa shape index (κ2) is 5.35. The fraction of sp³-hybridized carbons (Fsp3) is 0.667. The summed E-state index contributed by atoms with van der Waals surface area (Å²) in [7, 11) is 0. The van der Waals surface area contributed by atoms with Gasteiger partial charge in [-0.25, -0.2) is 9.97 Å². The molecule has 98 valence electrons. The highest BCUT2D eigenvalue weighted by Gasteiger charge is 2.40. The number of rotatable bonds is 2. The Balaban J connectivity index is 1.64. The number of anilines is 1. The molecule has 1 N–H and O–H groups in total. The monoisotopic (exact) mass is 329 g/mol. The molecule has 4 nitrogen and oxygen atoms in total. The average Bonchev–Trinajstić information content (AvgIpc) is 2.80. The maximum atomic E-state index is 6.00. The largest absolute Gasteiger partial charge is 0.374 e. The smallest absolute Gasteiger partial charge is 0.222 e. The minimum Gasteiger partial charge on any atom is -0.374 e. The van der Waals surface area contributed by atoms with Crippen LogP contribution in [0.15, 0.2) is 16.9 Å². The van der Waals surface area contributed by atoms with E-state index in [1.807, 2.05) is 11.8 Å². The van der Waals surface area contributed by atoms with E-state index in [-0.39, 0.29) is 5.60 Å². The second-order valence-corrected chi connectivity index (χ2v) is 6.91. The number of ether oxygens (including phenoxy) is 1. The van der Waals surface area contributed by atoms with Gasteiger partial charge in [0.2, 0.25) is 5.95 Å². The minimum atomic E-state index is 0.107. The SMILES string of the molecule is Brc1cnc(N[C@H]2CCO[C@]3(CCSC3)C2)nc1. The molecule has 2 fully saturated rings. The fourth-order valence-corrected chi connectivity index (χ4v) is 4.17. The molecule has 0 amide bonds. The number of halogens is 1. The molecule has 0 aliphatic carbocycles. The Kier molecular flexibility index (Phi) is 3.77. The molecule has 2 saturated heterocycles. The van der Waals surface area contributed by atoms with Gasteiger partial charge in [-0.05, 0) is 40.9 Å². The maximum Gasteiger partial charge on any atom is 0.222 e. The summed E-state index contributed by atoms with van der Waals surface area (Å²) in [5.74, 6) is 3.07. The zero-order valence-electron chi connectivity index (χ0n) is 10.1. The Morgan fingerprint density at radius 3 is 3.00 bits per heavy atom. The van der Waals surface area contributed by atoms with Crippen molar-refractivity contribution in [2.45, 2.75) is 30.9 Å². The number of nitrogens with one attached hydrogen (secondary N) is 1. The topological polar surface area (TPSA) is 47.0 Å². The van der Waals surface area contributed by atoms with Crippen LogP contribution in [0.5, 0.6) is 0 Å². The van der Waals surface area contributed by atoms with Crippen molar-refractivity contribution in [2.75, 3.05) is 23.4 Å². The van der Waals surface area contributed by atoms with Gasteiger partial charge in [0.15, 0.2) is 0 Å². The molecule has 1 spiro atoms. The van der Waals surface area contributed by atoms with Crippen LogP contribution in [0.1, 0.15) is 19.3 Å². The molecule has 1 aromatic heterocycles. The molecule has 0 unspecified atom stereocenters. The summed E-state index contributed by atoms with van der Waals surface area (Å²) in [4.78, 5) is 8.54. The third-order valence-electron chi connectivity index (χ3n) is 3.51. The first-order valence-electron chi connectivity index (χ1n) is 6.22. The molecule has 0 saturated carbocycles. The first-order valence-corrected chi connectivity index (χ1v) is 8.16. The number of hydrogen-bond donors (Lipinski definition) is 1. The van der Waals surface area contributed by atoms with Crippen molar-refractivity contribution in [3.8, 4) is 0 Å². The van der Waals surface area contributed by atoms with Gasteiger partial charge in [0, 0.05) is 30.8 Å². The van der Waals surface area contributed by atoms with Gasteiger partial charge in [-0.15, -0.1) is 0 Å². The number of hydrogen-bond acceptors (Lipinski definition) is 5. The van der Waals surface area contributed by atoms with Gasteiger partial charge >= 0.3 is 0 Å². The molecule has 18 heavy (non-hydrogen) atoms. The van der Waals surface area contributed by atoms with Crippen LogP contribution in [-0.4, -0.2) is 39.7 Å². The van der Waals surface area contributed by atoms with Gasteiger partial charge < -0.3 is 10.1 Å². The predicted molar refractivity (Wildman–Crippen MR) is 77.0 cm³/mol. The standard InChI is InChI=1S/C12H16BrN3OS/c13-9-6-14-11(15-7-9)16-10-1-3-17-12(5-10)2-4-18-8-12/h6-7,10H,1-5,8H2,(H,14,15,16)/t10-,12+/m0/s1. The third-order valence-corrected chi connectivity index (χ3v) is 5.15. The lowest BCUT2D eigenvalue weighted by molar-refractivity contribution is -0.0628. The minimum absolute atomic E-state index is 0.107. The Morgan fingerprint density at radius 1 is 1.44 bits per heavy atom. The van der Waals surface area contributed by atoms with E-state index >= 15 is 0 Å². The van der Waals surface area contributed by atoms with Crippen molar-refractivity contribution >= 4 is 33.6 Å². The van der Waals surface area contributed by atoms with Gasteiger partial charge in [-0.2, -0.15) is 11.8 Å². The van der Waals surface area contributed by atoms with Crippen LogP contribution in [0.4, 0.5) is 5.95 Å². The number of thioether (sulfide) groups is 1. The third kappa shape index (κ3) is 2.81. The molecule has 3 rings (SSSR count). The quantitative estimate of drug-likeness (QED) is 0.903. The van der Waals surface area contributed by atoms with Gasteiger partial charge in [-0.1, -0.05) is 0 Å². The zero-order chi connectivity index (χ0) is 12.4. The van der Waals surface area contributed by atoms with Gasteiger partial charge in [0.05, 0.1) is 10.1 Å². The lowest BCUT2D eigenvalue weighted by Gasteiger charge is -2.37. The predicted octanol–water partition coefficient (Wildman–Crippen LogP) is 2.71. The Morgan fingerprint density at radius 2 is 2.28 bits per heavy atom. The Hall–Kier alpha value is -0.330. The highest BCUT2D eigenvalue weighted by atomic mass is 79.9. The molecule has 2 aliphatic rings. The summed E-state index contributed by atoms with van der Waals surface area (Å²) < 4.78 is 6.91. The molecule has 2 aliphatic heterocycles. The van der Waals surface area contributed by atoms with E-state index in [0.29, 0.717) is 12.0 Å². The van der Waals surface area contributed by atoms with Crippen molar-refractivity contribution in [3.05, 3.63) is 16.9 Å². The molecule has 3 heterocycles. The maximum absolute atomic E-state index is 6.00. The average molecular weight is 330 g/mol. The van der Waals surface area contributed by atoms with E-state index < -0.39 is 0 Å². The van der Waals surface area contributed by atoms with Crippen LogP contribution < -0.4 is 5.32 Å². The van der Waals surface area contributed by atoms with Crippen molar-refractivity contribution in [1.29, 1.82) is 0 Å². The molecule has 0 radical (unpaired) electrons. The molecular weight excluding hydrogens is 314 g/mol. The summed E-state index contributed by atoms with van der Waals surface area (Å²) >= 11 is 5.34. The van der Waals surface area contributed by atoms with Crippen molar-refractivity contribution < 1.29 is 4.74 Å². The van der Waals surface area contributed by atoms with E-state index in [1.54, 1.807) is 12.4 Å². The Bertz CT molecular complexity index is 408. The van der Waals surface area contributed by atoms with Crippen LogP contribution >= 0.6 is 27.7 Å². The number of nitrogens with zero attached hydrogens (tertiary/aromatic N) is 2. The molecule has 0 bridgehead atoms. The van der Waals surface area contributed by atoms with E-state index in [1.165, 1.54) is 12.2 Å². The zero-order valence-corrected chi connectivity index (χ0v) is 12.5. The van der Waals surface area contributed by atoms with E-state index in [4.69, 9.17) is 4.74 Å². The van der Waals surface area contributed by atoms with Gasteiger partial charge in [0.25, 0.3) is 0 Å². The highest BCUT2D eigenvalue weighted by molar-refractivity contribution is 9.10. The first kappa shape index (κ1) is 12.7. The van der Waals surface area contributed by atoms with Crippen molar-refractivity contribution in [3.63, 3.8) is 0 Å². The summed E-state index contributed by atoms with van der Waals surface area (Å²) in [5, 5.41) is 3.43. The fourth-order valence-electron chi connectivity index (χ4n) is 2.58. The molecular formula is C12H16BrN3OS.